The van der Waals surface area contributed by atoms with E-state index >= 15 is 0 Å². The molecule has 0 aromatic rings. The van der Waals surface area contributed by atoms with Crippen molar-refractivity contribution >= 4 is 12.1 Å². The number of hydrogen-bond donors (Lipinski definition) is 1. The second-order valence-electron chi connectivity index (χ2n) is 5.82. The van der Waals surface area contributed by atoms with E-state index in [1.165, 1.54) is 12.0 Å². The predicted octanol–water partition coefficient (Wildman–Crippen LogP) is 1.17. The second-order valence-corrected chi connectivity index (χ2v) is 5.82. The van der Waals surface area contributed by atoms with Crippen LogP contribution in [0.5, 0.6) is 0 Å². The number of aliphatic hydroxyl groups is 1. The van der Waals surface area contributed by atoms with Crippen molar-refractivity contribution in [1.29, 1.82) is 0 Å². The van der Waals surface area contributed by atoms with Gasteiger partial charge in [-0.05, 0) is 27.2 Å². The number of amides is 1. The van der Waals surface area contributed by atoms with Crippen molar-refractivity contribution in [2.45, 2.75) is 45.3 Å². The molecule has 1 fully saturated rings. The summed E-state index contributed by atoms with van der Waals surface area (Å²) >= 11 is 0. The van der Waals surface area contributed by atoms with Gasteiger partial charge in [-0.25, -0.2) is 4.79 Å². The van der Waals surface area contributed by atoms with Gasteiger partial charge >= 0.3 is 12.1 Å². The van der Waals surface area contributed by atoms with Crippen LogP contribution in [0.3, 0.4) is 0 Å². The summed E-state index contributed by atoms with van der Waals surface area (Å²) in [7, 11) is 1.31. The monoisotopic (exact) mass is 273 g/mol. The number of nitrogens with zero attached hydrogens (tertiary/aromatic N) is 1. The van der Waals surface area contributed by atoms with Crippen molar-refractivity contribution in [3.05, 3.63) is 0 Å². The molecule has 0 aromatic heterocycles. The largest absolute Gasteiger partial charge is 0.469 e. The molecular weight excluding hydrogens is 250 g/mol. The fraction of sp³-hybridized carbons (Fsp3) is 0.846. The minimum absolute atomic E-state index is 0.108. The standard InChI is InChI=1S/C13H23NO5/c1-13(2,3)19-12(17)14-6-5-10(15)9(8-14)7-11(16)18-4/h9-10,15H,5-8H2,1-4H3/t9-,10+/m1/s1. The van der Waals surface area contributed by atoms with Crippen molar-refractivity contribution in [2.24, 2.45) is 5.92 Å². The van der Waals surface area contributed by atoms with Crippen molar-refractivity contribution < 1.29 is 24.2 Å². The van der Waals surface area contributed by atoms with Gasteiger partial charge in [-0.3, -0.25) is 4.79 Å². The fourth-order valence-electron chi connectivity index (χ4n) is 2.01. The lowest BCUT2D eigenvalue weighted by atomic mass is 9.92. The molecule has 0 spiro atoms. The van der Waals surface area contributed by atoms with Gasteiger partial charge in [0.1, 0.15) is 5.60 Å². The number of carbonyl (C=O) groups excluding carboxylic acids is 2. The summed E-state index contributed by atoms with van der Waals surface area (Å²) in [6.07, 6.45) is -0.440. The molecule has 2 atom stereocenters. The Labute approximate surface area is 113 Å². The summed E-state index contributed by atoms with van der Waals surface area (Å²) in [5, 5.41) is 9.86. The molecule has 1 heterocycles. The highest BCUT2D eigenvalue weighted by molar-refractivity contribution is 5.70. The van der Waals surface area contributed by atoms with E-state index in [2.05, 4.69) is 4.74 Å². The lowest BCUT2D eigenvalue weighted by Crippen LogP contribution is -2.48. The van der Waals surface area contributed by atoms with Gasteiger partial charge in [0.15, 0.2) is 0 Å². The van der Waals surface area contributed by atoms with Crippen LogP contribution >= 0.6 is 0 Å². The van der Waals surface area contributed by atoms with Crippen molar-refractivity contribution in [3.63, 3.8) is 0 Å². The van der Waals surface area contributed by atoms with E-state index in [-0.39, 0.29) is 18.3 Å². The topological polar surface area (TPSA) is 76.1 Å². The van der Waals surface area contributed by atoms with Gasteiger partial charge in [0, 0.05) is 19.0 Å². The number of aliphatic hydroxyl groups excluding tert-OH is 1. The van der Waals surface area contributed by atoms with E-state index in [1.807, 2.05) is 0 Å². The quantitative estimate of drug-likeness (QED) is 0.764. The van der Waals surface area contributed by atoms with E-state index in [1.54, 1.807) is 20.8 Å². The van der Waals surface area contributed by atoms with Gasteiger partial charge in [-0.15, -0.1) is 0 Å². The van der Waals surface area contributed by atoms with Crippen LogP contribution in [0.2, 0.25) is 0 Å². The van der Waals surface area contributed by atoms with E-state index < -0.39 is 17.8 Å². The third-order valence-electron chi connectivity index (χ3n) is 3.00. The number of hydrogen-bond acceptors (Lipinski definition) is 5. The molecule has 0 aliphatic carbocycles. The molecular formula is C13H23NO5. The zero-order valence-electron chi connectivity index (χ0n) is 12.0. The Bertz CT molecular complexity index is 336. The zero-order valence-corrected chi connectivity index (χ0v) is 12.0. The van der Waals surface area contributed by atoms with E-state index in [9.17, 15) is 14.7 Å². The maximum atomic E-state index is 11.9. The Morgan fingerprint density at radius 2 is 2.00 bits per heavy atom. The molecule has 6 nitrogen and oxygen atoms in total. The van der Waals surface area contributed by atoms with Gasteiger partial charge in [0.2, 0.25) is 0 Å². The molecule has 19 heavy (non-hydrogen) atoms. The Morgan fingerprint density at radius 1 is 1.37 bits per heavy atom. The number of esters is 1. The Balaban J connectivity index is 2.58. The van der Waals surface area contributed by atoms with Crippen LogP contribution < -0.4 is 0 Å². The van der Waals surface area contributed by atoms with Gasteiger partial charge in [0.25, 0.3) is 0 Å². The Hall–Kier alpha value is -1.30. The molecule has 1 amide bonds. The van der Waals surface area contributed by atoms with Crippen LogP contribution in [0.1, 0.15) is 33.6 Å². The molecule has 0 saturated carbocycles. The maximum absolute atomic E-state index is 11.9. The lowest BCUT2D eigenvalue weighted by Gasteiger charge is -2.36. The molecule has 0 unspecified atom stereocenters. The lowest BCUT2D eigenvalue weighted by molar-refractivity contribution is -0.143. The number of ether oxygens (including phenoxy) is 2. The highest BCUT2D eigenvalue weighted by Gasteiger charge is 2.33. The third-order valence-corrected chi connectivity index (χ3v) is 3.00. The number of rotatable bonds is 2. The molecule has 110 valence electrons. The Morgan fingerprint density at radius 3 is 2.53 bits per heavy atom. The minimum atomic E-state index is -0.585. The average molecular weight is 273 g/mol. The second kappa shape index (κ2) is 6.23. The first-order chi connectivity index (χ1) is 8.73. The van der Waals surface area contributed by atoms with E-state index in [0.29, 0.717) is 19.5 Å². The molecule has 6 heteroatoms. The SMILES string of the molecule is COC(=O)C[C@@H]1CN(C(=O)OC(C)(C)C)CC[C@@H]1O. The average Bonchev–Trinajstić information content (AvgIpc) is 2.29. The van der Waals surface area contributed by atoms with Crippen LogP contribution in [-0.2, 0) is 14.3 Å². The minimum Gasteiger partial charge on any atom is -0.469 e. The molecule has 1 aliphatic heterocycles. The maximum Gasteiger partial charge on any atom is 0.410 e. The predicted molar refractivity (Wildman–Crippen MR) is 68.6 cm³/mol. The molecule has 0 aromatic carbocycles. The number of methoxy groups -OCH3 is 1. The first-order valence-corrected chi connectivity index (χ1v) is 6.45. The first kappa shape index (κ1) is 15.8. The van der Waals surface area contributed by atoms with Gasteiger partial charge in [-0.1, -0.05) is 0 Å². The molecule has 1 N–H and O–H groups in total. The molecule has 0 bridgehead atoms. The Kier molecular flexibility index (Phi) is 5.17. The summed E-state index contributed by atoms with van der Waals surface area (Å²) in [5.74, 6) is -0.677. The molecule has 1 aliphatic rings. The van der Waals surface area contributed by atoms with Gasteiger partial charge < -0.3 is 19.5 Å². The highest BCUT2D eigenvalue weighted by atomic mass is 16.6. The number of piperidine rings is 1. The number of likely N-dealkylation sites (tertiary alicyclic amines) is 1. The molecule has 1 rings (SSSR count). The van der Waals surface area contributed by atoms with Crippen LogP contribution in [0.25, 0.3) is 0 Å². The number of carbonyl (C=O) groups is 2. The van der Waals surface area contributed by atoms with Crippen molar-refractivity contribution in [3.8, 4) is 0 Å². The zero-order chi connectivity index (χ0) is 14.6. The van der Waals surface area contributed by atoms with E-state index in [4.69, 9.17) is 4.74 Å². The van der Waals surface area contributed by atoms with Gasteiger partial charge in [-0.2, -0.15) is 0 Å². The smallest absolute Gasteiger partial charge is 0.410 e. The normalized spacial score (nSPS) is 23.9. The van der Waals surface area contributed by atoms with Gasteiger partial charge in [0.05, 0.1) is 19.6 Å². The summed E-state index contributed by atoms with van der Waals surface area (Å²) in [6.45, 7) is 6.15. The molecule has 0 radical (unpaired) electrons. The molecule has 1 saturated heterocycles. The van der Waals surface area contributed by atoms with Crippen LogP contribution in [0.4, 0.5) is 4.79 Å². The summed E-state index contributed by atoms with van der Waals surface area (Å²) in [5.41, 5.74) is -0.551. The third kappa shape index (κ3) is 5.06. The summed E-state index contributed by atoms with van der Waals surface area (Å²) < 4.78 is 9.87. The van der Waals surface area contributed by atoms with Crippen molar-refractivity contribution in [2.75, 3.05) is 20.2 Å². The van der Waals surface area contributed by atoms with Crippen LogP contribution in [-0.4, -0.2) is 54.0 Å². The van der Waals surface area contributed by atoms with Crippen molar-refractivity contribution in [1.82, 2.24) is 4.90 Å². The first-order valence-electron chi connectivity index (χ1n) is 6.45. The van der Waals surface area contributed by atoms with E-state index in [0.717, 1.165) is 0 Å². The van der Waals surface area contributed by atoms with Crippen LogP contribution in [0.15, 0.2) is 0 Å². The van der Waals surface area contributed by atoms with Crippen LogP contribution in [0, 0.1) is 5.92 Å². The summed E-state index contributed by atoms with van der Waals surface area (Å²) in [6, 6.07) is 0. The summed E-state index contributed by atoms with van der Waals surface area (Å²) in [4.78, 5) is 24.7. The fourth-order valence-corrected chi connectivity index (χ4v) is 2.01. The highest BCUT2D eigenvalue weighted by Crippen LogP contribution is 2.22.